The molecule has 0 radical (unpaired) electrons. The first-order valence-electron chi connectivity index (χ1n) is 14.0. The van der Waals surface area contributed by atoms with Crippen LogP contribution in [0.5, 0.6) is 11.5 Å². The van der Waals surface area contributed by atoms with Crippen LogP contribution in [-0.2, 0) is 9.59 Å². The van der Waals surface area contributed by atoms with Crippen LogP contribution < -0.4 is 19.7 Å². The second kappa shape index (κ2) is 12.7. The lowest BCUT2D eigenvalue weighted by molar-refractivity contribution is -0.122. The van der Waals surface area contributed by atoms with Crippen molar-refractivity contribution < 1.29 is 19.1 Å². The highest BCUT2D eigenvalue weighted by Gasteiger charge is 2.39. The molecule has 2 amide bonds. The highest BCUT2D eigenvalue weighted by atomic mass is 32.2. The molecule has 1 aliphatic heterocycles. The zero-order valence-corrected chi connectivity index (χ0v) is 25.5. The lowest BCUT2D eigenvalue weighted by atomic mass is 9.98. The van der Waals surface area contributed by atoms with Crippen molar-refractivity contribution in [1.82, 2.24) is 15.1 Å². The van der Waals surface area contributed by atoms with Crippen molar-refractivity contribution in [3.05, 3.63) is 89.0 Å². The Bertz CT molecular complexity index is 1600. The molecule has 1 N–H and O–H groups in total. The molecule has 0 saturated carbocycles. The van der Waals surface area contributed by atoms with Gasteiger partial charge in [0, 0.05) is 23.2 Å². The Morgan fingerprint density at radius 2 is 1.83 bits per heavy atom. The van der Waals surface area contributed by atoms with Crippen molar-refractivity contribution in [3.63, 3.8) is 0 Å². The largest absolute Gasteiger partial charge is 0.497 e. The van der Waals surface area contributed by atoms with Crippen molar-refractivity contribution in [2.24, 2.45) is 0 Å². The van der Waals surface area contributed by atoms with Crippen LogP contribution in [0.15, 0.2) is 66.7 Å². The van der Waals surface area contributed by atoms with Crippen LogP contribution in [0.1, 0.15) is 40.8 Å². The molecule has 5 rings (SSSR count). The van der Waals surface area contributed by atoms with Gasteiger partial charge < -0.3 is 14.8 Å². The van der Waals surface area contributed by atoms with Gasteiger partial charge in [-0.3, -0.25) is 14.5 Å². The molecule has 4 aromatic rings. The number of anilines is 1. The molecule has 1 aromatic heterocycles. The van der Waals surface area contributed by atoms with Gasteiger partial charge in [-0.25, -0.2) is 4.68 Å². The molecular formula is C33H36N4O4S. The third-order valence-electron chi connectivity index (χ3n) is 7.31. The summed E-state index contributed by atoms with van der Waals surface area (Å²) in [5.74, 6) is 1.73. The maximum absolute atomic E-state index is 13.9. The average molecular weight is 585 g/mol. The zero-order valence-electron chi connectivity index (χ0n) is 24.6. The van der Waals surface area contributed by atoms with Crippen LogP contribution in [0.4, 0.5) is 5.82 Å². The molecule has 1 atom stereocenters. The lowest BCUT2D eigenvalue weighted by Gasteiger charge is -2.24. The molecule has 0 aliphatic carbocycles. The van der Waals surface area contributed by atoms with E-state index in [1.165, 1.54) is 11.8 Å². The summed E-state index contributed by atoms with van der Waals surface area (Å²) < 4.78 is 13.3. The van der Waals surface area contributed by atoms with Gasteiger partial charge in [-0.1, -0.05) is 55.0 Å². The van der Waals surface area contributed by atoms with E-state index in [0.29, 0.717) is 23.9 Å². The van der Waals surface area contributed by atoms with E-state index in [1.54, 1.807) is 19.1 Å². The van der Waals surface area contributed by atoms with Crippen LogP contribution in [-0.4, -0.2) is 54.7 Å². The number of thioether (sulfide) groups is 1. The van der Waals surface area contributed by atoms with Crippen molar-refractivity contribution >= 4 is 29.4 Å². The minimum absolute atomic E-state index is 0.112. The van der Waals surface area contributed by atoms with Crippen LogP contribution in [0.3, 0.4) is 0 Å². The number of ether oxygens (including phenoxy) is 2. The number of aromatic nitrogens is 2. The summed E-state index contributed by atoms with van der Waals surface area (Å²) in [4.78, 5) is 28.7. The fourth-order valence-electron chi connectivity index (χ4n) is 5.29. The van der Waals surface area contributed by atoms with E-state index in [9.17, 15) is 9.59 Å². The Balaban J connectivity index is 1.84. The Morgan fingerprint density at radius 3 is 2.52 bits per heavy atom. The van der Waals surface area contributed by atoms with Gasteiger partial charge in [0.2, 0.25) is 11.8 Å². The van der Waals surface area contributed by atoms with Gasteiger partial charge in [0.15, 0.2) is 0 Å². The summed E-state index contributed by atoms with van der Waals surface area (Å²) in [7, 11) is 3.27. The number of aryl methyl sites for hydroxylation is 2. The van der Waals surface area contributed by atoms with E-state index < -0.39 is 0 Å². The minimum Gasteiger partial charge on any atom is -0.497 e. The van der Waals surface area contributed by atoms with Gasteiger partial charge in [-0.05, 0) is 50.1 Å². The summed E-state index contributed by atoms with van der Waals surface area (Å²) in [6, 6.07) is 21.8. The molecule has 0 spiro atoms. The maximum Gasteiger partial charge on any atom is 0.240 e. The van der Waals surface area contributed by atoms with Crippen molar-refractivity contribution in [1.29, 1.82) is 0 Å². The molecule has 8 nitrogen and oxygen atoms in total. The number of nitrogens with zero attached hydrogens (tertiary/aromatic N) is 3. The molecular weight excluding hydrogens is 548 g/mol. The SMILES string of the molecule is CCCNC(=O)CN1C(=O)CS[C@H](c2cc(OC)ccc2OC)c2c(-c3ccccc3)nn(-c3ccc(C)cc3C)c21. The van der Waals surface area contributed by atoms with Gasteiger partial charge in [0.25, 0.3) is 0 Å². The number of hydrogen-bond acceptors (Lipinski definition) is 6. The van der Waals surface area contributed by atoms with Gasteiger partial charge in [0.05, 0.1) is 36.6 Å². The first-order chi connectivity index (χ1) is 20.4. The number of amides is 2. The Labute approximate surface area is 251 Å². The number of methoxy groups -OCH3 is 2. The maximum atomic E-state index is 13.9. The van der Waals surface area contributed by atoms with E-state index in [-0.39, 0.29) is 29.4 Å². The van der Waals surface area contributed by atoms with E-state index in [4.69, 9.17) is 14.6 Å². The zero-order chi connectivity index (χ0) is 29.8. The molecule has 0 unspecified atom stereocenters. The monoisotopic (exact) mass is 584 g/mol. The molecule has 0 fully saturated rings. The molecule has 218 valence electrons. The van der Waals surface area contributed by atoms with E-state index in [1.807, 2.05) is 86.1 Å². The number of rotatable bonds is 9. The summed E-state index contributed by atoms with van der Waals surface area (Å²) >= 11 is 1.50. The number of carbonyl (C=O) groups is 2. The summed E-state index contributed by atoms with van der Waals surface area (Å²) in [6.07, 6.45) is 0.803. The fourth-order valence-corrected chi connectivity index (χ4v) is 6.51. The highest BCUT2D eigenvalue weighted by Crippen LogP contribution is 2.51. The Kier molecular flexibility index (Phi) is 8.87. The molecule has 3 aromatic carbocycles. The molecule has 1 aliphatic rings. The first-order valence-corrected chi connectivity index (χ1v) is 15.1. The van der Waals surface area contributed by atoms with Gasteiger partial charge >= 0.3 is 0 Å². The third-order valence-corrected chi connectivity index (χ3v) is 8.55. The van der Waals surface area contributed by atoms with Gasteiger partial charge in [-0.2, -0.15) is 5.10 Å². The predicted molar refractivity (Wildman–Crippen MR) is 168 cm³/mol. The molecule has 42 heavy (non-hydrogen) atoms. The number of hydrogen-bond donors (Lipinski definition) is 1. The van der Waals surface area contributed by atoms with Crippen molar-refractivity contribution in [2.45, 2.75) is 32.4 Å². The van der Waals surface area contributed by atoms with E-state index in [0.717, 1.165) is 45.6 Å². The highest BCUT2D eigenvalue weighted by molar-refractivity contribution is 8.00. The number of benzene rings is 3. The van der Waals surface area contributed by atoms with Crippen LogP contribution in [0.2, 0.25) is 0 Å². The summed E-state index contributed by atoms with van der Waals surface area (Å²) in [5.41, 5.74) is 6.33. The smallest absolute Gasteiger partial charge is 0.240 e. The lowest BCUT2D eigenvalue weighted by Crippen LogP contribution is -2.42. The summed E-state index contributed by atoms with van der Waals surface area (Å²) in [5, 5.41) is 7.80. The summed E-state index contributed by atoms with van der Waals surface area (Å²) in [6.45, 7) is 6.51. The third kappa shape index (κ3) is 5.74. The number of fused-ring (bicyclic) bond motifs is 1. The molecule has 9 heteroatoms. The van der Waals surface area contributed by atoms with Crippen LogP contribution in [0.25, 0.3) is 16.9 Å². The number of carbonyl (C=O) groups excluding carboxylic acids is 2. The van der Waals surface area contributed by atoms with Crippen molar-refractivity contribution in [2.75, 3.05) is 38.0 Å². The Hall–Kier alpha value is -4.24. The van der Waals surface area contributed by atoms with Gasteiger partial charge in [0.1, 0.15) is 23.9 Å². The first kappa shape index (κ1) is 29.3. The molecule has 2 heterocycles. The normalized spacial score (nSPS) is 14.7. The molecule has 0 bridgehead atoms. The second-order valence-electron chi connectivity index (χ2n) is 10.3. The fraction of sp³-hybridized carbons (Fsp3) is 0.303. The second-order valence-corrected chi connectivity index (χ2v) is 11.4. The van der Waals surface area contributed by atoms with E-state index >= 15 is 0 Å². The van der Waals surface area contributed by atoms with Crippen molar-refractivity contribution in [3.8, 4) is 28.4 Å². The minimum atomic E-state index is -0.340. The van der Waals surface area contributed by atoms with Gasteiger partial charge in [-0.15, -0.1) is 11.8 Å². The standard InChI is InChI=1S/C33H36N4O4S/c1-6-16-34-28(38)19-36-29(39)20-42-32(25-18-24(40-4)13-15-27(25)41-5)30-31(23-10-8-7-9-11-23)35-37(33(30)36)26-14-12-21(2)17-22(26)3/h7-15,17-18,32H,6,16,19-20H2,1-5H3,(H,34,38)/t32-/m1/s1. The van der Waals surface area contributed by atoms with Crippen LogP contribution in [0, 0.1) is 13.8 Å². The number of nitrogens with one attached hydrogen (secondary N) is 1. The average Bonchev–Trinajstić information content (AvgIpc) is 3.32. The topological polar surface area (TPSA) is 85.7 Å². The quantitative estimate of drug-likeness (QED) is 0.265. The predicted octanol–water partition coefficient (Wildman–Crippen LogP) is 5.87. The Morgan fingerprint density at radius 1 is 1.05 bits per heavy atom. The molecule has 0 saturated heterocycles. The van der Waals surface area contributed by atoms with Crippen LogP contribution >= 0.6 is 11.8 Å². The van der Waals surface area contributed by atoms with E-state index in [2.05, 4.69) is 11.4 Å².